The van der Waals surface area contributed by atoms with Gasteiger partial charge in [-0.2, -0.15) is 0 Å². The Kier molecular flexibility index (Phi) is 6.25. The third-order valence-corrected chi connectivity index (χ3v) is 6.75. The second-order valence-corrected chi connectivity index (χ2v) is 10.4. The summed E-state index contributed by atoms with van der Waals surface area (Å²) in [7, 11) is 8.05. The summed E-state index contributed by atoms with van der Waals surface area (Å²) in [4.78, 5) is 22.8. The molecule has 0 bridgehead atoms. The van der Waals surface area contributed by atoms with Gasteiger partial charge in [0, 0.05) is 18.3 Å². The third kappa shape index (κ3) is 4.57. The van der Waals surface area contributed by atoms with Crippen LogP contribution in [-0.4, -0.2) is 59.2 Å². The van der Waals surface area contributed by atoms with Crippen LogP contribution in [0.1, 0.15) is 59.1 Å². The summed E-state index contributed by atoms with van der Waals surface area (Å²) in [5, 5.41) is 3.02. The molecule has 0 aliphatic carbocycles. The van der Waals surface area contributed by atoms with Crippen LogP contribution in [0.15, 0.2) is 30.0 Å². The Balaban J connectivity index is 1.68. The Morgan fingerprint density at radius 2 is 1.88 bits per heavy atom. The molecule has 1 N–H and O–H groups in total. The minimum atomic E-state index is -0.199. The molecule has 0 saturated carbocycles. The van der Waals surface area contributed by atoms with Crippen molar-refractivity contribution in [1.29, 1.82) is 0 Å². The SMILES string of the molecule is COC1=C(c2cc(C(=O)Nc3nc4cc(C)c(C(C)C)cc4n3C)cc(C)n2)C[N+](C)(C)CC1. The van der Waals surface area contributed by atoms with Gasteiger partial charge in [0.15, 0.2) is 0 Å². The van der Waals surface area contributed by atoms with Gasteiger partial charge in [-0.15, -0.1) is 0 Å². The first-order valence-electron chi connectivity index (χ1n) is 11.8. The number of hydrogen-bond donors (Lipinski definition) is 1. The fraction of sp³-hybridized carbons (Fsp3) is 0.444. The van der Waals surface area contributed by atoms with Gasteiger partial charge in [0.2, 0.25) is 5.95 Å². The van der Waals surface area contributed by atoms with Crippen molar-refractivity contribution in [1.82, 2.24) is 14.5 Å². The van der Waals surface area contributed by atoms with Gasteiger partial charge in [-0.1, -0.05) is 13.8 Å². The van der Waals surface area contributed by atoms with Crippen LogP contribution in [-0.2, 0) is 11.8 Å². The number of fused-ring (bicyclic) bond motifs is 1. The number of nitrogens with zero attached hydrogens (tertiary/aromatic N) is 4. The first-order chi connectivity index (χ1) is 16.0. The lowest BCUT2D eigenvalue weighted by Crippen LogP contribution is -2.44. The molecule has 1 aliphatic heterocycles. The number of likely N-dealkylation sites (N-methyl/N-ethyl adjacent to an activating group) is 1. The molecule has 34 heavy (non-hydrogen) atoms. The standard InChI is InChI=1S/C27H35N5O2/c1-16(2)20-14-24-23(11-17(20)3)29-27(31(24)5)30-26(33)19-12-18(4)28-22(13-19)21-15-32(6,7)10-9-25(21)34-8/h11-14,16H,9-10,15H2,1-8H3/p+1. The molecule has 4 rings (SSSR count). The molecule has 0 unspecified atom stereocenters. The fourth-order valence-electron chi connectivity index (χ4n) is 4.82. The second-order valence-electron chi connectivity index (χ2n) is 10.4. The number of anilines is 1. The number of hydrogen-bond acceptors (Lipinski definition) is 4. The van der Waals surface area contributed by atoms with Crippen molar-refractivity contribution in [3.63, 3.8) is 0 Å². The summed E-state index contributed by atoms with van der Waals surface area (Å²) in [5.74, 6) is 1.71. The molecule has 1 aliphatic rings. The van der Waals surface area contributed by atoms with Gasteiger partial charge < -0.3 is 13.8 Å². The molecule has 3 heterocycles. The van der Waals surface area contributed by atoms with Crippen molar-refractivity contribution in [3.8, 4) is 0 Å². The number of amides is 1. The van der Waals surface area contributed by atoms with Gasteiger partial charge in [0.25, 0.3) is 5.91 Å². The molecule has 7 heteroatoms. The van der Waals surface area contributed by atoms with Gasteiger partial charge in [-0.05, 0) is 55.2 Å². The van der Waals surface area contributed by atoms with Crippen LogP contribution >= 0.6 is 0 Å². The molecular formula is C27H36N5O2+. The number of ether oxygens (including phenoxy) is 1. The van der Waals surface area contributed by atoms with Gasteiger partial charge in [0.1, 0.15) is 12.3 Å². The Hall–Kier alpha value is -3.19. The number of carbonyl (C=O) groups excluding carboxylic acids is 1. The number of benzene rings is 1. The normalized spacial score (nSPS) is 15.8. The molecule has 1 aromatic carbocycles. The molecular weight excluding hydrogens is 426 g/mol. The summed E-state index contributed by atoms with van der Waals surface area (Å²) >= 11 is 0. The molecule has 0 radical (unpaired) electrons. The fourth-order valence-corrected chi connectivity index (χ4v) is 4.82. The number of aryl methyl sites for hydroxylation is 3. The Labute approximate surface area is 202 Å². The van der Waals surface area contributed by atoms with E-state index < -0.39 is 0 Å². The van der Waals surface area contributed by atoms with Crippen LogP contribution in [0.5, 0.6) is 0 Å². The van der Waals surface area contributed by atoms with Crippen LogP contribution < -0.4 is 5.32 Å². The van der Waals surface area contributed by atoms with E-state index in [2.05, 4.69) is 52.3 Å². The van der Waals surface area contributed by atoms with E-state index in [1.54, 1.807) is 7.11 Å². The summed E-state index contributed by atoms with van der Waals surface area (Å²) < 4.78 is 8.49. The topological polar surface area (TPSA) is 69.0 Å². The predicted octanol–water partition coefficient (Wildman–Crippen LogP) is 4.80. The number of aromatic nitrogens is 3. The van der Waals surface area contributed by atoms with Crippen molar-refractivity contribution in [2.45, 2.75) is 40.0 Å². The number of methoxy groups -OCH3 is 1. The molecule has 1 amide bonds. The van der Waals surface area contributed by atoms with E-state index in [0.29, 0.717) is 17.4 Å². The lowest BCUT2D eigenvalue weighted by atomic mass is 9.97. The van der Waals surface area contributed by atoms with E-state index in [0.717, 1.165) is 57.7 Å². The largest absolute Gasteiger partial charge is 0.500 e. The highest BCUT2D eigenvalue weighted by molar-refractivity contribution is 6.04. The lowest BCUT2D eigenvalue weighted by molar-refractivity contribution is -0.884. The molecule has 0 saturated heterocycles. The average molecular weight is 463 g/mol. The number of imidazole rings is 1. The van der Waals surface area contributed by atoms with Crippen LogP contribution in [0.4, 0.5) is 5.95 Å². The molecule has 0 atom stereocenters. The Morgan fingerprint density at radius 1 is 1.15 bits per heavy atom. The van der Waals surface area contributed by atoms with Crippen molar-refractivity contribution in [2.24, 2.45) is 7.05 Å². The van der Waals surface area contributed by atoms with Crippen molar-refractivity contribution < 1.29 is 14.0 Å². The highest BCUT2D eigenvalue weighted by atomic mass is 16.5. The molecule has 2 aromatic heterocycles. The molecule has 3 aromatic rings. The number of pyridine rings is 1. The maximum atomic E-state index is 13.3. The van der Waals surface area contributed by atoms with Crippen LogP contribution in [0.3, 0.4) is 0 Å². The Morgan fingerprint density at radius 3 is 2.56 bits per heavy atom. The summed E-state index contributed by atoms with van der Waals surface area (Å²) in [6.45, 7) is 10.2. The number of quaternary nitrogens is 1. The van der Waals surface area contributed by atoms with E-state index in [1.165, 1.54) is 11.1 Å². The third-order valence-electron chi connectivity index (χ3n) is 6.75. The minimum Gasteiger partial charge on any atom is -0.500 e. The average Bonchev–Trinajstić information content (AvgIpc) is 3.06. The van der Waals surface area contributed by atoms with Gasteiger partial charge in [-0.25, -0.2) is 4.98 Å². The zero-order valence-corrected chi connectivity index (χ0v) is 21.6. The maximum Gasteiger partial charge on any atom is 0.258 e. The van der Waals surface area contributed by atoms with Crippen LogP contribution in [0.25, 0.3) is 16.6 Å². The quantitative estimate of drug-likeness (QED) is 0.553. The highest BCUT2D eigenvalue weighted by Gasteiger charge is 2.29. The highest BCUT2D eigenvalue weighted by Crippen LogP contribution is 2.30. The van der Waals surface area contributed by atoms with Crippen molar-refractivity contribution >= 4 is 28.5 Å². The van der Waals surface area contributed by atoms with Crippen LogP contribution in [0, 0.1) is 13.8 Å². The molecule has 180 valence electrons. The smallest absolute Gasteiger partial charge is 0.258 e. The van der Waals surface area contributed by atoms with Crippen LogP contribution in [0.2, 0.25) is 0 Å². The van der Waals surface area contributed by atoms with Gasteiger partial charge in [0.05, 0.1) is 56.5 Å². The van der Waals surface area contributed by atoms with E-state index >= 15 is 0 Å². The molecule has 0 fully saturated rings. The second kappa shape index (κ2) is 8.87. The van der Waals surface area contributed by atoms with E-state index in [9.17, 15) is 4.79 Å². The first-order valence-corrected chi connectivity index (χ1v) is 11.8. The van der Waals surface area contributed by atoms with E-state index in [1.807, 2.05) is 30.7 Å². The number of nitrogens with one attached hydrogen (secondary N) is 1. The summed E-state index contributed by atoms with van der Waals surface area (Å²) in [5.41, 5.74) is 7.61. The van der Waals surface area contributed by atoms with Gasteiger partial charge >= 0.3 is 0 Å². The summed E-state index contributed by atoms with van der Waals surface area (Å²) in [6.07, 6.45) is 0.855. The number of rotatable bonds is 5. The monoisotopic (exact) mass is 462 g/mol. The number of carbonyl (C=O) groups is 1. The van der Waals surface area contributed by atoms with Crippen molar-refractivity contribution in [2.75, 3.05) is 39.6 Å². The maximum absolute atomic E-state index is 13.3. The predicted molar refractivity (Wildman–Crippen MR) is 137 cm³/mol. The van der Waals surface area contributed by atoms with E-state index in [4.69, 9.17) is 14.7 Å². The summed E-state index contributed by atoms with van der Waals surface area (Å²) in [6, 6.07) is 7.95. The minimum absolute atomic E-state index is 0.199. The zero-order chi connectivity index (χ0) is 24.8. The molecule has 0 spiro atoms. The zero-order valence-electron chi connectivity index (χ0n) is 21.6. The van der Waals surface area contributed by atoms with E-state index in [-0.39, 0.29) is 5.91 Å². The first kappa shape index (κ1) is 24.0. The van der Waals surface area contributed by atoms with Gasteiger partial charge in [-0.3, -0.25) is 15.1 Å². The lowest BCUT2D eigenvalue weighted by Gasteiger charge is -2.35. The molecule has 7 nitrogen and oxygen atoms in total. The van der Waals surface area contributed by atoms with Crippen molar-refractivity contribution in [3.05, 3.63) is 58.1 Å². The Bertz CT molecular complexity index is 1300.